The van der Waals surface area contributed by atoms with Crippen LogP contribution in [0.1, 0.15) is 33.6 Å². The molecule has 0 aliphatic carbocycles. The molecule has 0 saturated carbocycles. The Balaban J connectivity index is 0. The summed E-state index contributed by atoms with van der Waals surface area (Å²) in [6.45, 7) is 7.26. The van der Waals surface area contributed by atoms with Crippen molar-refractivity contribution in [2.45, 2.75) is 38.6 Å². The van der Waals surface area contributed by atoms with Gasteiger partial charge in [0.2, 0.25) is 0 Å². The van der Waals surface area contributed by atoms with Gasteiger partial charge >= 0.3 is 36.3 Å². The van der Waals surface area contributed by atoms with Crippen molar-refractivity contribution in [3.8, 4) is 0 Å². The fourth-order valence-corrected chi connectivity index (χ4v) is 0.505. The molecule has 0 heterocycles. The summed E-state index contributed by atoms with van der Waals surface area (Å²) in [4.78, 5) is 10.6. The number of ether oxygens (including phenoxy) is 1. The van der Waals surface area contributed by atoms with E-state index in [2.05, 4.69) is 19.2 Å². The molecule has 0 rings (SSSR count). The molecule has 1 N–H and O–H groups in total. The van der Waals surface area contributed by atoms with E-state index in [1.165, 1.54) is 23.3 Å². The number of hydrogen-bond acceptors (Lipinski definition) is 2. The van der Waals surface area contributed by atoms with Gasteiger partial charge in [0.15, 0.2) is 0 Å². The van der Waals surface area contributed by atoms with Crippen LogP contribution in [0.15, 0.2) is 0 Å². The summed E-state index contributed by atoms with van der Waals surface area (Å²) >= 11 is 1.44. The monoisotopic (exact) mass is 238 g/mol. The summed E-state index contributed by atoms with van der Waals surface area (Å²) in [6.07, 6.45) is 1.69. The summed E-state index contributed by atoms with van der Waals surface area (Å²) in [5.74, 6) is 0. The summed E-state index contributed by atoms with van der Waals surface area (Å²) in [5.41, 5.74) is 0. The number of unbranched alkanes of at least 4 members (excludes halogenated alkanes) is 1. The van der Waals surface area contributed by atoms with Gasteiger partial charge in [-0.05, 0) is 13.3 Å². The minimum absolute atomic E-state index is 0.309. The quantitative estimate of drug-likeness (QED) is 0.605. The zero-order chi connectivity index (χ0) is 10.5. The Hall–Kier alpha value is -0.107. The van der Waals surface area contributed by atoms with E-state index in [-0.39, 0.29) is 6.09 Å². The van der Waals surface area contributed by atoms with E-state index in [0.29, 0.717) is 13.2 Å². The molecule has 0 aromatic carbocycles. The molecule has 0 aliphatic rings. The maximum absolute atomic E-state index is 10.6. The predicted molar refractivity (Wildman–Crippen MR) is 50.4 cm³/mol. The maximum atomic E-state index is 10.6. The fraction of sp³-hybridized carbons (Fsp3) is 0.889. The molecule has 0 atom stereocenters. The van der Waals surface area contributed by atoms with Crippen molar-refractivity contribution in [1.82, 2.24) is 5.32 Å². The van der Waals surface area contributed by atoms with Gasteiger partial charge < -0.3 is 10.1 Å². The van der Waals surface area contributed by atoms with Crippen molar-refractivity contribution in [3.05, 3.63) is 0 Å². The average molecular weight is 240 g/mol. The number of carbonyl (C=O) groups excluding carboxylic acids is 1. The van der Waals surface area contributed by atoms with E-state index in [4.69, 9.17) is 4.74 Å². The first-order valence-corrected chi connectivity index (χ1v) is 7.02. The van der Waals surface area contributed by atoms with Gasteiger partial charge in [-0.3, -0.25) is 0 Å². The van der Waals surface area contributed by atoms with Crippen LogP contribution in [0.2, 0.25) is 5.02 Å². The van der Waals surface area contributed by atoms with E-state index in [1.807, 2.05) is 6.92 Å². The molecular formula is C9H20NO2Zn. The Labute approximate surface area is 91.3 Å². The van der Waals surface area contributed by atoms with E-state index < -0.39 is 0 Å². The Morgan fingerprint density at radius 2 is 1.92 bits per heavy atom. The summed E-state index contributed by atoms with van der Waals surface area (Å²) < 4.78 is 4.77. The van der Waals surface area contributed by atoms with Gasteiger partial charge in [0.25, 0.3) is 0 Å². The number of rotatable bonds is 4. The molecule has 0 aliphatic heterocycles. The fourth-order valence-electron chi connectivity index (χ4n) is 0.505. The molecule has 0 aromatic rings. The van der Waals surface area contributed by atoms with Crippen LogP contribution < -0.4 is 5.32 Å². The summed E-state index contributed by atoms with van der Waals surface area (Å²) in [6, 6.07) is 0. The molecule has 0 aromatic heterocycles. The van der Waals surface area contributed by atoms with Gasteiger partial charge in [0.1, 0.15) is 0 Å². The zero-order valence-corrected chi connectivity index (χ0v) is 12.0. The first-order chi connectivity index (χ1) is 6.22. The van der Waals surface area contributed by atoms with Crippen LogP contribution in [-0.4, -0.2) is 19.2 Å². The van der Waals surface area contributed by atoms with E-state index in [1.54, 1.807) is 0 Å². The second-order valence-corrected chi connectivity index (χ2v) is 4.62. The van der Waals surface area contributed by atoms with E-state index in [0.717, 1.165) is 12.8 Å². The first-order valence-electron chi connectivity index (χ1n) is 4.92. The van der Waals surface area contributed by atoms with Crippen LogP contribution in [0, 0.1) is 0 Å². The molecule has 0 unspecified atom stereocenters. The number of alkyl carbamates (subject to hydrolysis) is 1. The molecule has 0 bridgehead atoms. The van der Waals surface area contributed by atoms with Crippen molar-refractivity contribution >= 4 is 6.09 Å². The number of hydrogen-bond donors (Lipinski definition) is 1. The minimum atomic E-state index is -0.309. The predicted octanol–water partition coefficient (Wildman–Crippen LogP) is 2.50. The van der Waals surface area contributed by atoms with Crippen molar-refractivity contribution in [2.24, 2.45) is 0 Å². The van der Waals surface area contributed by atoms with Gasteiger partial charge in [0, 0.05) is 6.54 Å². The molecule has 13 heavy (non-hydrogen) atoms. The molecular weight excluding hydrogens is 219 g/mol. The first kappa shape index (κ1) is 15.4. The molecule has 75 valence electrons. The van der Waals surface area contributed by atoms with Crippen LogP contribution in [-0.2, 0) is 23.0 Å². The number of carbonyl (C=O) groups is 1. The van der Waals surface area contributed by atoms with E-state index >= 15 is 0 Å². The Bertz CT molecular complexity index is 110. The molecule has 0 spiro atoms. The topological polar surface area (TPSA) is 38.3 Å². The zero-order valence-electron chi connectivity index (χ0n) is 9.06. The number of nitrogens with one attached hydrogen (secondary N) is 1. The van der Waals surface area contributed by atoms with Crippen LogP contribution >= 0.6 is 0 Å². The Kier molecular flexibility index (Phi) is 17.0. The van der Waals surface area contributed by atoms with Gasteiger partial charge in [0.05, 0.1) is 6.61 Å². The van der Waals surface area contributed by atoms with Crippen LogP contribution in [0.25, 0.3) is 0 Å². The molecule has 1 amide bonds. The van der Waals surface area contributed by atoms with Crippen LogP contribution in [0.5, 0.6) is 0 Å². The van der Waals surface area contributed by atoms with Gasteiger partial charge in [-0.2, -0.15) is 0 Å². The third-order valence-electron chi connectivity index (χ3n) is 1.05. The second-order valence-electron chi connectivity index (χ2n) is 2.52. The third-order valence-corrected chi connectivity index (χ3v) is 1.05. The van der Waals surface area contributed by atoms with Crippen LogP contribution in [0.3, 0.4) is 0 Å². The molecule has 0 radical (unpaired) electrons. The van der Waals surface area contributed by atoms with Gasteiger partial charge in [-0.25, -0.2) is 4.79 Å². The normalized spacial score (nSPS) is 8.38. The van der Waals surface area contributed by atoms with Crippen molar-refractivity contribution in [3.63, 3.8) is 0 Å². The SMILES string of the molecule is CCCCOC(=O)NCC.C[CH2][Zn]. The standard InChI is InChI=1S/C7H15NO2.C2H5.Zn/c1-3-5-6-10-7(9)8-4-2;1-2;/h3-6H2,1-2H3,(H,8,9);1H2,2H3;. The van der Waals surface area contributed by atoms with Crippen molar-refractivity contribution in [2.75, 3.05) is 13.2 Å². The van der Waals surface area contributed by atoms with Gasteiger partial charge in [-0.1, -0.05) is 13.3 Å². The van der Waals surface area contributed by atoms with E-state index in [9.17, 15) is 4.79 Å². The van der Waals surface area contributed by atoms with Gasteiger partial charge in [-0.15, -0.1) is 0 Å². The van der Waals surface area contributed by atoms with Crippen LogP contribution in [0.4, 0.5) is 4.79 Å². The van der Waals surface area contributed by atoms with Crippen molar-refractivity contribution in [1.29, 1.82) is 0 Å². The third kappa shape index (κ3) is 18.7. The molecule has 3 nitrogen and oxygen atoms in total. The molecule has 4 heteroatoms. The Morgan fingerprint density at radius 1 is 1.38 bits per heavy atom. The molecule has 0 saturated heterocycles. The molecule has 0 fully saturated rings. The second kappa shape index (κ2) is 14.4. The summed E-state index contributed by atoms with van der Waals surface area (Å²) in [7, 11) is 0. The average Bonchev–Trinajstić information content (AvgIpc) is 2.07. The summed E-state index contributed by atoms with van der Waals surface area (Å²) in [5, 5.41) is 3.92. The Morgan fingerprint density at radius 3 is 2.31 bits per heavy atom. The van der Waals surface area contributed by atoms with Crippen molar-refractivity contribution < 1.29 is 27.8 Å². The number of amides is 1.